The summed E-state index contributed by atoms with van der Waals surface area (Å²) in [5, 5.41) is 0. The van der Waals surface area contributed by atoms with Crippen LogP contribution in [0, 0.1) is 0 Å². The van der Waals surface area contributed by atoms with E-state index in [2.05, 4.69) is 4.74 Å². The molecule has 2 N–H and O–H groups in total. The highest BCUT2D eigenvalue weighted by atomic mass is 19.4. The maximum atomic E-state index is 12.2. The SMILES string of the molecule is COCCOCC(N)c1ccccc1OC(F)(F)F. The number of methoxy groups -OCH3 is 1. The molecule has 1 atom stereocenters. The Bertz CT molecular complexity index is 385. The highest BCUT2D eigenvalue weighted by Gasteiger charge is 2.32. The fourth-order valence-electron chi connectivity index (χ4n) is 1.45. The van der Waals surface area contributed by atoms with E-state index >= 15 is 0 Å². The van der Waals surface area contributed by atoms with E-state index in [-0.39, 0.29) is 17.9 Å². The Labute approximate surface area is 109 Å². The third kappa shape index (κ3) is 5.91. The molecule has 1 rings (SSSR count). The summed E-state index contributed by atoms with van der Waals surface area (Å²) in [6, 6.07) is 5.04. The van der Waals surface area contributed by atoms with Crippen molar-refractivity contribution < 1.29 is 27.4 Å². The van der Waals surface area contributed by atoms with E-state index in [1.807, 2.05) is 0 Å². The van der Waals surface area contributed by atoms with Gasteiger partial charge in [-0.05, 0) is 6.07 Å². The zero-order chi connectivity index (χ0) is 14.3. The molecular weight excluding hydrogens is 263 g/mol. The standard InChI is InChI=1S/C12H16F3NO3/c1-17-6-7-18-8-10(16)9-4-2-3-5-11(9)19-12(13,14)15/h2-5,10H,6-8,16H2,1H3. The van der Waals surface area contributed by atoms with Crippen molar-refractivity contribution in [1.82, 2.24) is 0 Å². The molecule has 0 aliphatic heterocycles. The lowest BCUT2D eigenvalue weighted by Crippen LogP contribution is -2.22. The van der Waals surface area contributed by atoms with E-state index in [0.717, 1.165) is 0 Å². The number of hydrogen-bond donors (Lipinski definition) is 1. The topological polar surface area (TPSA) is 53.7 Å². The molecular formula is C12H16F3NO3. The third-order valence-electron chi connectivity index (χ3n) is 2.27. The van der Waals surface area contributed by atoms with Gasteiger partial charge in [-0.15, -0.1) is 13.2 Å². The van der Waals surface area contributed by atoms with Crippen LogP contribution in [0.4, 0.5) is 13.2 Å². The van der Waals surface area contributed by atoms with Gasteiger partial charge in [0.15, 0.2) is 0 Å². The highest BCUT2D eigenvalue weighted by Crippen LogP contribution is 2.29. The number of hydrogen-bond acceptors (Lipinski definition) is 4. The van der Waals surface area contributed by atoms with Crippen molar-refractivity contribution in [3.63, 3.8) is 0 Å². The van der Waals surface area contributed by atoms with E-state index in [0.29, 0.717) is 13.2 Å². The minimum Gasteiger partial charge on any atom is -0.405 e. The zero-order valence-corrected chi connectivity index (χ0v) is 10.4. The van der Waals surface area contributed by atoms with Gasteiger partial charge in [0, 0.05) is 12.7 Å². The summed E-state index contributed by atoms with van der Waals surface area (Å²) >= 11 is 0. The average Bonchev–Trinajstić information content (AvgIpc) is 2.33. The van der Waals surface area contributed by atoms with Crippen molar-refractivity contribution in [2.45, 2.75) is 12.4 Å². The Balaban J connectivity index is 2.65. The van der Waals surface area contributed by atoms with E-state index in [9.17, 15) is 13.2 Å². The Morgan fingerprint density at radius 1 is 1.21 bits per heavy atom. The largest absolute Gasteiger partial charge is 0.573 e. The van der Waals surface area contributed by atoms with Gasteiger partial charge < -0.3 is 19.9 Å². The van der Waals surface area contributed by atoms with Crippen LogP contribution in [0.5, 0.6) is 5.75 Å². The fraction of sp³-hybridized carbons (Fsp3) is 0.500. The Morgan fingerprint density at radius 3 is 2.53 bits per heavy atom. The summed E-state index contributed by atoms with van der Waals surface area (Å²) in [6.45, 7) is 0.807. The average molecular weight is 279 g/mol. The first-order valence-electron chi connectivity index (χ1n) is 5.61. The molecule has 0 aliphatic carbocycles. The Morgan fingerprint density at radius 2 is 1.89 bits per heavy atom. The highest BCUT2D eigenvalue weighted by molar-refractivity contribution is 5.35. The fourth-order valence-corrected chi connectivity index (χ4v) is 1.45. The lowest BCUT2D eigenvalue weighted by Gasteiger charge is -2.17. The number of ether oxygens (including phenoxy) is 3. The molecule has 0 amide bonds. The van der Waals surface area contributed by atoms with Crippen LogP contribution < -0.4 is 10.5 Å². The molecule has 0 fully saturated rings. The molecule has 1 aromatic carbocycles. The van der Waals surface area contributed by atoms with Crippen molar-refractivity contribution in [2.24, 2.45) is 5.73 Å². The summed E-state index contributed by atoms with van der Waals surface area (Å²) < 4.78 is 50.6. The first kappa shape index (κ1) is 15.7. The summed E-state index contributed by atoms with van der Waals surface area (Å²) in [7, 11) is 1.52. The summed E-state index contributed by atoms with van der Waals surface area (Å²) in [4.78, 5) is 0. The van der Waals surface area contributed by atoms with Crippen LogP contribution in [0.1, 0.15) is 11.6 Å². The van der Waals surface area contributed by atoms with Crippen LogP contribution >= 0.6 is 0 Å². The van der Waals surface area contributed by atoms with Gasteiger partial charge in [-0.3, -0.25) is 0 Å². The Hall–Kier alpha value is -1.31. The molecule has 0 aromatic heterocycles. The number of halogens is 3. The molecule has 19 heavy (non-hydrogen) atoms. The lowest BCUT2D eigenvalue weighted by atomic mass is 10.1. The van der Waals surface area contributed by atoms with Gasteiger partial charge in [-0.2, -0.15) is 0 Å². The van der Waals surface area contributed by atoms with E-state index in [1.54, 1.807) is 6.07 Å². The molecule has 1 unspecified atom stereocenters. The molecule has 4 nitrogen and oxygen atoms in total. The second kappa shape index (κ2) is 7.32. The van der Waals surface area contributed by atoms with Crippen molar-refractivity contribution in [2.75, 3.05) is 26.9 Å². The molecule has 0 spiro atoms. The monoisotopic (exact) mass is 279 g/mol. The van der Waals surface area contributed by atoms with Gasteiger partial charge in [0.2, 0.25) is 0 Å². The number of rotatable bonds is 7. The maximum Gasteiger partial charge on any atom is 0.573 e. The molecule has 0 bridgehead atoms. The summed E-state index contributed by atoms with van der Waals surface area (Å²) in [5.41, 5.74) is 6.03. The second-order valence-electron chi connectivity index (χ2n) is 3.76. The van der Waals surface area contributed by atoms with Gasteiger partial charge in [0.25, 0.3) is 0 Å². The number of benzene rings is 1. The lowest BCUT2D eigenvalue weighted by molar-refractivity contribution is -0.275. The van der Waals surface area contributed by atoms with Crippen LogP contribution in [0.2, 0.25) is 0 Å². The van der Waals surface area contributed by atoms with E-state index < -0.39 is 12.4 Å². The molecule has 0 radical (unpaired) electrons. The molecule has 0 aliphatic rings. The van der Waals surface area contributed by atoms with Gasteiger partial charge in [-0.25, -0.2) is 0 Å². The van der Waals surface area contributed by atoms with Gasteiger partial charge in [-0.1, -0.05) is 18.2 Å². The van der Waals surface area contributed by atoms with Gasteiger partial charge >= 0.3 is 6.36 Å². The maximum absolute atomic E-state index is 12.2. The van der Waals surface area contributed by atoms with E-state index in [4.69, 9.17) is 15.2 Å². The van der Waals surface area contributed by atoms with Crippen LogP contribution in [0.15, 0.2) is 24.3 Å². The molecule has 0 saturated heterocycles. The molecule has 7 heteroatoms. The Kier molecular flexibility index (Phi) is 6.07. The first-order chi connectivity index (χ1) is 8.94. The molecule has 108 valence electrons. The zero-order valence-electron chi connectivity index (χ0n) is 10.4. The van der Waals surface area contributed by atoms with Crippen molar-refractivity contribution in [3.05, 3.63) is 29.8 Å². The quantitative estimate of drug-likeness (QED) is 0.778. The normalized spacial score (nSPS) is 13.3. The van der Waals surface area contributed by atoms with Crippen molar-refractivity contribution >= 4 is 0 Å². The van der Waals surface area contributed by atoms with Gasteiger partial charge in [0.1, 0.15) is 5.75 Å². The number of alkyl halides is 3. The minimum atomic E-state index is -4.74. The third-order valence-corrected chi connectivity index (χ3v) is 2.27. The smallest absolute Gasteiger partial charge is 0.405 e. The molecule has 0 heterocycles. The first-order valence-corrected chi connectivity index (χ1v) is 5.61. The van der Waals surface area contributed by atoms with Crippen molar-refractivity contribution in [1.29, 1.82) is 0 Å². The number of nitrogens with two attached hydrogens (primary N) is 1. The van der Waals surface area contributed by atoms with Crippen LogP contribution in [-0.2, 0) is 9.47 Å². The minimum absolute atomic E-state index is 0.0849. The van der Waals surface area contributed by atoms with E-state index in [1.165, 1.54) is 25.3 Å². The van der Waals surface area contributed by atoms with Crippen LogP contribution in [-0.4, -0.2) is 33.3 Å². The predicted molar refractivity (Wildman–Crippen MR) is 62.7 cm³/mol. The summed E-state index contributed by atoms with van der Waals surface area (Å²) in [5.74, 6) is -0.308. The molecule has 1 aromatic rings. The van der Waals surface area contributed by atoms with Crippen LogP contribution in [0.3, 0.4) is 0 Å². The van der Waals surface area contributed by atoms with Gasteiger partial charge in [0.05, 0.1) is 25.9 Å². The predicted octanol–water partition coefficient (Wildman–Crippen LogP) is 2.25. The second-order valence-corrected chi connectivity index (χ2v) is 3.76. The number of para-hydroxylation sites is 1. The van der Waals surface area contributed by atoms with Crippen molar-refractivity contribution in [3.8, 4) is 5.75 Å². The molecule has 0 saturated carbocycles. The summed E-state index contributed by atoms with van der Waals surface area (Å²) in [6.07, 6.45) is -4.74. The van der Waals surface area contributed by atoms with Crippen LogP contribution in [0.25, 0.3) is 0 Å².